The molecule has 0 heterocycles. The zero-order valence-electron chi connectivity index (χ0n) is 12.8. The van der Waals surface area contributed by atoms with Gasteiger partial charge in [-0.15, -0.1) is 0 Å². The quantitative estimate of drug-likeness (QED) is 0.758. The molecular formula is C16H27ClN2O. The fraction of sp³-hybridized carbons (Fsp3) is 0.625. The Labute approximate surface area is 128 Å². The summed E-state index contributed by atoms with van der Waals surface area (Å²) in [6, 6.07) is 8.61. The van der Waals surface area contributed by atoms with Crippen molar-refractivity contribution in [2.24, 2.45) is 5.73 Å². The first kappa shape index (κ1) is 17.4. The standard InChI is InChI=1S/C16H27ClN2O/c1-4-13(5-2)19(10-11-20-3)16(12-18)14-8-6-7-9-15(14)17/h6-9,13,16H,4-5,10-12,18H2,1-3H3. The van der Waals surface area contributed by atoms with Crippen LogP contribution in [0.1, 0.15) is 38.3 Å². The Morgan fingerprint density at radius 1 is 1.25 bits per heavy atom. The van der Waals surface area contributed by atoms with Gasteiger partial charge in [-0.25, -0.2) is 0 Å². The average Bonchev–Trinajstić information content (AvgIpc) is 2.47. The van der Waals surface area contributed by atoms with Gasteiger partial charge in [0.1, 0.15) is 0 Å². The number of halogens is 1. The van der Waals surface area contributed by atoms with Gasteiger partial charge in [-0.2, -0.15) is 0 Å². The largest absolute Gasteiger partial charge is 0.383 e. The predicted octanol–water partition coefficient (Wildman–Crippen LogP) is 3.48. The highest BCUT2D eigenvalue weighted by molar-refractivity contribution is 6.31. The molecule has 114 valence electrons. The third-order valence-electron chi connectivity index (χ3n) is 3.85. The van der Waals surface area contributed by atoms with Crippen LogP contribution >= 0.6 is 11.6 Å². The van der Waals surface area contributed by atoms with Crippen molar-refractivity contribution in [2.45, 2.75) is 38.8 Å². The van der Waals surface area contributed by atoms with Crippen molar-refractivity contribution >= 4 is 11.6 Å². The van der Waals surface area contributed by atoms with E-state index < -0.39 is 0 Å². The summed E-state index contributed by atoms with van der Waals surface area (Å²) in [7, 11) is 1.73. The van der Waals surface area contributed by atoms with E-state index in [9.17, 15) is 0 Å². The van der Waals surface area contributed by atoms with Crippen molar-refractivity contribution in [2.75, 3.05) is 26.8 Å². The predicted molar refractivity (Wildman–Crippen MR) is 86.2 cm³/mol. The zero-order valence-corrected chi connectivity index (χ0v) is 13.6. The molecule has 20 heavy (non-hydrogen) atoms. The number of hydrogen-bond donors (Lipinski definition) is 1. The second-order valence-corrected chi connectivity index (χ2v) is 5.38. The smallest absolute Gasteiger partial charge is 0.0590 e. The van der Waals surface area contributed by atoms with Crippen LogP contribution in [0.5, 0.6) is 0 Å². The minimum absolute atomic E-state index is 0.142. The Morgan fingerprint density at radius 3 is 2.40 bits per heavy atom. The first-order valence-corrected chi connectivity index (χ1v) is 7.76. The Balaban J connectivity index is 3.03. The monoisotopic (exact) mass is 298 g/mol. The summed E-state index contributed by atoms with van der Waals surface area (Å²) in [4.78, 5) is 2.44. The fourth-order valence-corrected chi connectivity index (χ4v) is 3.00. The second kappa shape index (κ2) is 9.35. The Bertz CT molecular complexity index is 382. The molecule has 0 fully saturated rings. The molecule has 2 N–H and O–H groups in total. The van der Waals surface area contributed by atoms with Crippen LogP contribution in [0.2, 0.25) is 5.02 Å². The van der Waals surface area contributed by atoms with E-state index in [4.69, 9.17) is 22.1 Å². The van der Waals surface area contributed by atoms with Crippen molar-refractivity contribution < 1.29 is 4.74 Å². The zero-order chi connectivity index (χ0) is 15.0. The number of rotatable bonds is 9. The molecule has 1 aromatic rings. The van der Waals surface area contributed by atoms with E-state index in [0.29, 0.717) is 19.2 Å². The van der Waals surface area contributed by atoms with Crippen molar-refractivity contribution in [1.82, 2.24) is 4.90 Å². The van der Waals surface area contributed by atoms with Crippen LogP contribution < -0.4 is 5.73 Å². The summed E-state index contributed by atoms with van der Waals surface area (Å²) in [5, 5.41) is 0.788. The van der Waals surface area contributed by atoms with Crippen LogP contribution in [0.15, 0.2) is 24.3 Å². The lowest BCUT2D eigenvalue weighted by Gasteiger charge is -2.37. The van der Waals surface area contributed by atoms with Crippen molar-refractivity contribution in [1.29, 1.82) is 0 Å². The van der Waals surface area contributed by atoms with Gasteiger partial charge in [0.05, 0.1) is 6.61 Å². The SMILES string of the molecule is CCC(CC)N(CCOC)C(CN)c1ccccc1Cl. The van der Waals surface area contributed by atoms with Crippen LogP contribution in [-0.4, -0.2) is 37.7 Å². The van der Waals surface area contributed by atoms with E-state index >= 15 is 0 Å². The molecule has 0 saturated heterocycles. The van der Waals surface area contributed by atoms with E-state index in [1.807, 2.05) is 18.2 Å². The summed E-state index contributed by atoms with van der Waals surface area (Å²) in [6.07, 6.45) is 2.20. The third kappa shape index (κ3) is 4.45. The Hall–Kier alpha value is -0.610. The summed E-state index contributed by atoms with van der Waals surface area (Å²) in [6.45, 7) is 6.57. The molecule has 0 aliphatic heterocycles. The summed E-state index contributed by atoms with van der Waals surface area (Å²) < 4.78 is 5.26. The molecule has 1 rings (SSSR count). The molecule has 0 aliphatic rings. The summed E-state index contributed by atoms with van der Waals surface area (Å²) in [5.74, 6) is 0. The van der Waals surface area contributed by atoms with Crippen molar-refractivity contribution in [3.05, 3.63) is 34.9 Å². The van der Waals surface area contributed by atoms with Gasteiger partial charge >= 0.3 is 0 Å². The number of nitrogens with two attached hydrogens (primary N) is 1. The van der Waals surface area contributed by atoms with Gasteiger partial charge in [-0.3, -0.25) is 4.90 Å². The maximum Gasteiger partial charge on any atom is 0.0590 e. The minimum atomic E-state index is 0.142. The number of methoxy groups -OCH3 is 1. The van der Waals surface area contributed by atoms with Crippen LogP contribution in [0.3, 0.4) is 0 Å². The van der Waals surface area contributed by atoms with E-state index in [2.05, 4.69) is 24.8 Å². The highest BCUT2D eigenvalue weighted by Gasteiger charge is 2.25. The molecule has 0 aliphatic carbocycles. The van der Waals surface area contributed by atoms with Gasteiger partial charge in [-0.05, 0) is 24.5 Å². The van der Waals surface area contributed by atoms with Gasteiger partial charge in [0.25, 0.3) is 0 Å². The molecule has 0 aromatic heterocycles. The first-order chi connectivity index (χ1) is 9.69. The molecule has 0 spiro atoms. The van der Waals surface area contributed by atoms with E-state index in [-0.39, 0.29) is 6.04 Å². The van der Waals surface area contributed by atoms with Crippen molar-refractivity contribution in [3.63, 3.8) is 0 Å². The molecule has 1 aromatic carbocycles. The molecule has 0 bridgehead atoms. The number of nitrogens with zero attached hydrogens (tertiary/aromatic N) is 1. The molecule has 1 atom stereocenters. The number of hydrogen-bond acceptors (Lipinski definition) is 3. The molecule has 0 amide bonds. The first-order valence-electron chi connectivity index (χ1n) is 7.38. The highest BCUT2D eigenvalue weighted by Crippen LogP contribution is 2.29. The lowest BCUT2D eigenvalue weighted by atomic mass is 10.0. The van der Waals surface area contributed by atoms with Crippen LogP contribution in [0, 0.1) is 0 Å². The van der Waals surface area contributed by atoms with E-state index in [1.165, 1.54) is 0 Å². The summed E-state index contributed by atoms with van der Waals surface area (Å²) in [5.41, 5.74) is 7.16. The molecule has 3 nitrogen and oxygen atoms in total. The van der Waals surface area contributed by atoms with Gasteiger partial charge in [-0.1, -0.05) is 43.6 Å². The minimum Gasteiger partial charge on any atom is -0.383 e. The van der Waals surface area contributed by atoms with E-state index in [1.54, 1.807) is 7.11 Å². The Kier molecular flexibility index (Phi) is 8.15. The highest BCUT2D eigenvalue weighted by atomic mass is 35.5. The van der Waals surface area contributed by atoms with Crippen LogP contribution in [0.25, 0.3) is 0 Å². The maximum atomic E-state index is 6.35. The average molecular weight is 299 g/mol. The van der Waals surface area contributed by atoms with Gasteiger partial charge in [0, 0.05) is 37.3 Å². The number of benzene rings is 1. The topological polar surface area (TPSA) is 38.5 Å². The van der Waals surface area contributed by atoms with Gasteiger partial charge < -0.3 is 10.5 Å². The molecule has 1 unspecified atom stereocenters. The third-order valence-corrected chi connectivity index (χ3v) is 4.20. The van der Waals surface area contributed by atoms with Crippen molar-refractivity contribution in [3.8, 4) is 0 Å². The van der Waals surface area contributed by atoms with Crippen LogP contribution in [0.4, 0.5) is 0 Å². The molecule has 0 saturated carbocycles. The van der Waals surface area contributed by atoms with Gasteiger partial charge in [0.15, 0.2) is 0 Å². The van der Waals surface area contributed by atoms with E-state index in [0.717, 1.165) is 30.0 Å². The van der Waals surface area contributed by atoms with Crippen LogP contribution in [-0.2, 0) is 4.74 Å². The lowest BCUT2D eigenvalue weighted by molar-refractivity contribution is 0.0817. The molecular weight excluding hydrogens is 272 g/mol. The normalized spacial score (nSPS) is 13.2. The molecule has 0 radical (unpaired) electrons. The number of ether oxygens (including phenoxy) is 1. The summed E-state index contributed by atoms with van der Waals surface area (Å²) >= 11 is 6.35. The second-order valence-electron chi connectivity index (χ2n) is 4.97. The lowest BCUT2D eigenvalue weighted by Crippen LogP contribution is -2.43. The van der Waals surface area contributed by atoms with Gasteiger partial charge in [0.2, 0.25) is 0 Å². The Morgan fingerprint density at radius 2 is 1.90 bits per heavy atom. The fourth-order valence-electron chi connectivity index (χ4n) is 2.73. The molecule has 4 heteroatoms. The maximum absolute atomic E-state index is 6.35.